The van der Waals surface area contributed by atoms with Crippen LogP contribution in [-0.4, -0.2) is 18.9 Å². The van der Waals surface area contributed by atoms with E-state index in [4.69, 9.17) is 19.7 Å². The van der Waals surface area contributed by atoms with Gasteiger partial charge in [0, 0.05) is 43.4 Å². The van der Waals surface area contributed by atoms with E-state index in [-0.39, 0.29) is 22.7 Å². The predicted octanol–water partition coefficient (Wildman–Crippen LogP) is 13.4. The highest BCUT2D eigenvalue weighted by Gasteiger charge is 2.58. The number of hydrogen-bond donors (Lipinski definition) is 0. The largest absolute Gasteiger partial charge is 0.457 e. The molecule has 4 aliphatic carbocycles. The molecule has 6 atom stereocenters. The molecule has 0 N–H and O–H groups in total. The summed E-state index contributed by atoms with van der Waals surface area (Å²) in [5.41, 5.74) is 9.36. The van der Waals surface area contributed by atoms with Crippen molar-refractivity contribution in [1.29, 1.82) is 0 Å². The molecule has 0 radical (unpaired) electrons. The normalized spacial score (nSPS) is 25.7. The van der Waals surface area contributed by atoms with Crippen LogP contribution < -0.4 is 4.74 Å². The van der Waals surface area contributed by atoms with Crippen LogP contribution in [0.3, 0.4) is 0 Å². The molecule has 6 aromatic carbocycles. The van der Waals surface area contributed by atoms with Gasteiger partial charge < -0.3 is 4.74 Å². The third-order valence-electron chi connectivity index (χ3n) is 14.4. The standard InChI is InChI=1S/C54H44IN3O/c1-53(31-33-28-34(32-53)30-38(55)29-33)52-57-50(56-51(58-52)41-17-10-13-35-12-2-3-14-39(35)41)37-26-24-36(25-27-37)40-16-11-21-46-49(40)42-15-4-5-18-43(42)54(46)44-19-6-8-22-47(44)59-48-23-9-7-20-45(48)54/h2-27,33-34,38,46,49H,28-32H2,1H3/t33-,34?,38?,46?,49?,53?/m0/s1. The van der Waals surface area contributed by atoms with Gasteiger partial charge in [-0.25, -0.2) is 15.0 Å². The first-order chi connectivity index (χ1) is 29.0. The molecule has 2 heterocycles. The fourth-order valence-electron chi connectivity index (χ4n) is 12.2. The lowest BCUT2D eigenvalue weighted by atomic mass is 9.61. The smallest absolute Gasteiger partial charge is 0.164 e. The summed E-state index contributed by atoms with van der Waals surface area (Å²) in [6, 6.07) is 50.6. The van der Waals surface area contributed by atoms with Crippen molar-refractivity contribution in [2.45, 2.75) is 59.7 Å². The number of aromatic nitrogens is 3. The Bertz CT molecular complexity index is 2810. The number of alkyl halides is 1. The minimum atomic E-state index is -0.382. The summed E-state index contributed by atoms with van der Waals surface area (Å²) in [7, 11) is 0. The molecule has 1 spiro atoms. The van der Waals surface area contributed by atoms with Gasteiger partial charge in [0.05, 0.1) is 5.41 Å². The number of para-hydroxylation sites is 2. The Balaban J connectivity index is 0.964. The van der Waals surface area contributed by atoms with Crippen molar-refractivity contribution in [2.75, 3.05) is 0 Å². The highest BCUT2D eigenvalue weighted by atomic mass is 127. The number of rotatable bonds is 4. The number of halogens is 1. The Labute approximate surface area is 359 Å². The zero-order valence-electron chi connectivity index (χ0n) is 33.1. The molecule has 1 aromatic heterocycles. The molecule has 2 fully saturated rings. The van der Waals surface area contributed by atoms with Gasteiger partial charge >= 0.3 is 0 Å². The van der Waals surface area contributed by atoms with Gasteiger partial charge in [0.15, 0.2) is 11.6 Å². The van der Waals surface area contributed by atoms with E-state index in [1.807, 2.05) is 0 Å². The molecule has 5 aliphatic rings. The van der Waals surface area contributed by atoms with Crippen LogP contribution in [0.4, 0.5) is 0 Å². The molecule has 0 saturated heterocycles. The molecule has 2 bridgehead atoms. The summed E-state index contributed by atoms with van der Waals surface area (Å²) < 4.78 is 7.38. The van der Waals surface area contributed by atoms with Crippen LogP contribution in [-0.2, 0) is 10.8 Å². The number of nitrogens with zero attached hydrogens (tertiary/aromatic N) is 3. The Kier molecular flexibility index (Phi) is 8.17. The minimum absolute atomic E-state index is 0.0944. The number of fused-ring (bicyclic) bond motifs is 12. The number of benzene rings is 6. The van der Waals surface area contributed by atoms with E-state index >= 15 is 0 Å². The van der Waals surface area contributed by atoms with Crippen LogP contribution in [0.2, 0.25) is 0 Å². The molecule has 5 unspecified atom stereocenters. The van der Waals surface area contributed by atoms with Gasteiger partial charge in [-0.3, -0.25) is 0 Å². The topological polar surface area (TPSA) is 47.9 Å². The van der Waals surface area contributed by atoms with Gasteiger partial charge in [-0.15, -0.1) is 0 Å². The van der Waals surface area contributed by atoms with E-state index in [9.17, 15) is 0 Å². The van der Waals surface area contributed by atoms with Crippen LogP contribution in [0, 0.1) is 17.8 Å². The summed E-state index contributed by atoms with van der Waals surface area (Å²) in [5.74, 6) is 6.12. The Hall–Kier alpha value is -5.40. The van der Waals surface area contributed by atoms with E-state index in [2.05, 4.69) is 187 Å². The van der Waals surface area contributed by atoms with Crippen LogP contribution in [0.15, 0.2) is 158 Å². The molecular weight excluding hydrogens is 834 g/mol. The average Bonchev–Trinajstić information content (AvgIpc) is 3.56. The summed E-state index contributed by atoms with van der Waals surface area (Å²) in [5, 5.41) is 2.36. The average molecular weight is 878 g/mol. The lowest BCUT2D eigenvalue weighted by Crippen LogP contribution is -2.40. The SMILES string of the molecule is CC1(c2nc(-c3ccc(C4=CC=CC5C4c4ccccc4C54c5ccccc5Oc5ccccc54)cc3)nc(-c3cccc4ccccc34)n2)CC2CC(I)C[C@H](C2)C1. The third-order valence-corrected chi connectivity index (χ3v) is 15.4. The lowest BCUT2D eigenvalue weighted by molar-refractivity contribution is 0.121. The summed E-state index contributed by atoms with van der Waals surface area (Å²) in [4.78, 5) is 16.1. The van der Waals surface area contributed by atoms with Crippen molar-refractivity contribution in [1.82, 2.24) is 15.0 Å². The zero-order chi connectivity index (χ0) is 39.3. The highest BCUT2D eigenvalue weighted by Crippen LogP contribution is 2.66. The van der Waals surface area contributed by atoms with Gasteiger partial charge in [-0.2, -0.15) is 0 Å². The quantitative estimate of drug-likeness (QED) is 0.131. The summed E-state index contributed by atoms with van der Waals surface area (Å²) >= 11 is 2.69. The first-order valence-electron chi connectivity index (χ1n) is 21.3. The molecule has 0 amide bonds. The summed E-state index contributed by atoms with van der Waals surface area (Å²) in [6.45, 7) is 2.43. The van der Waals surface area contributed by atoms with Crippen molar-refractivity contribution < 1.29 is 4.74 Å². The maximum Gasteiger partial charge on any atom is 0.164 e. The van der Waals surface area contributed by atoms with E-state index in [0.717, 1.165) is 68.7 Å². The molecule has 2 saturated carbocycles. The van der Waals surface area contributed by atoms with Crippen molar-refractivity contribution in [3.63, 3.8) is 0 Å². The van der Waals surface area contributed by atoms with Crippen LogP contribution in [0.1, 0.15) is 78.6 Å². The lowest BCUT2D eigenvalue weighted by Gasteiger charge is -2.46. The Morgan fingerprint density at radius 2 is 1.24 bits per heavy atom. The summed E-state index contributed by atoms with van der Waals surface area (Å²) in [6.07, 6.45) is 13.3. The molecule has 59 heavy (non-hydrogen) atoms. The zero-order valence-corrected chi connectivity index (χ0v) is 35.2. The van der Waals surface area contributed by atoms with Crippen LogP contribution in [0.25, 0.3) is 39.1 Å². The maximum absolute atomic E-state index is 6.60. The monoisotopic (exact) mass is 877 g/mol. The maximum atomic E-state index is 6.60. The number of hydrogen-bond acceptors (Lipinski definition) is 4. The third kappa shape index (κ3) is 5.49. The first-order valence-corrected chi connectivity index (χ1v) is 22.5. The molecule has 4 nitrogen and oxygen atoms in total. The Morgan fingerprint density at radius 3 is 2.00 bits per heavy atom. The number of allylic oxidation sites excluding steroid dienone is 4. The Morgan fingerprint density at radius 1 is 0.610 bits per heavy atom. The molecule has 1 aliphatic heterocycles. The second kappa shape index (κ2) is 13.6. The molecule has 7 aromatic rings. The van der Waals surface area contributed by atoms with Crippen molar-refractivity contribution in [3.8, 4) is 34.3 Å². The second-order valence-corrected chi connectivity index (χ2v) is 19.7. The fourth-order valence-corrected chi connectivity index (χ4v) is 13.6. The minimum Gasteiger partial charge on any atom is -0.457 e. The van der Waals surface area contributed by atoms with Gasteiger partial charge in [-0.05, 0) is 89.1 Å². The highest BCUT2D eigenvalue weighted by molar-refractivity contribution is 14.1. The van der Waals surface area contributed by atoms with Gasteiger partial charge in [0.25, 0.3) is 0 Å². The molecular formula is C54H44IN3O. The van der Waals surface area contributed by atoms with E-state index in [1.54, 1.807) is 0 Å². The second-order valence-electron chi connectivity index (χ2n) is 17.9. The molecule has 288 valence electrons. The van der Waals surface area contributed by atoms with E-state index < -0.39 is 0 Å². The number of ether oxygens (including phenoxy) is 1. The van der Waals surface area contributed by atoms with Crippen molar-refractivity contribution in [3.05, 3.63) is 191 Å². The van der Waals surface area contributed by atoms with Crippen molar-refractivity contribution in [2.24, 2.45) is 17.8 Å². The van der Waals surface area contributed by atoms with Crippen molar-refractivity contribution >= 4 is 38.9 Å². The predicted molar refractivity (Wildman–Crippen MR) is 246 cm³/mol. The van der Waals surface area contributed by atoms with E-state index in [1.165, 1.54) is 63.4 Å². The van der Waals surface area contributed by atoms with Crippen LogP contribution in [0.5, 0.6) is 11.5 Å². The van der Waals surface area contributed by atoms with Gasteiger partial charge in [0.1, 0.15) is 17.3 Å². The fraction of sp³-hybridized carbons (Fsp3) is 0.241. The van der Waals surface area contributed by atoms with E-state index in [0.29, 0.717) is 0 Å². The van der Waals surface area contributed by atoms with Gasteiger partial charge in [-0.1, -0.05) is 175 Å². The van der Waals surface area contributed by atoms with Crippen LogP contribution >= 0.6 is 22.6 Å². The first kappa shape index (κ1) is 35.5. The molecule has 12 rings (SSSR count). The van der Waals surface area contributed by atoms with Gasteiger partial charge in [0.2, 0.25) is 0 Å². The molecule has 5 heteroatoms.